The third kappa shape index (κ3) is 68.5. The molecule has 0 spiro atoms. The topological polar surface area (TPSA) is 78.9 Å². The maximum Gasteiger partial charge on any atom is 0.306 e. The number of rotatable bonds is 63. The molecule has 1 unspecified atom stereocenters. The first-order chi connectivity index (χ1) is 41.0. The Hall–Kier alpha value is -4.19. The molecule has 0 aliphatic heterocycles. The normalized spacial score (nSPS) is 12.9. The van der Waals surface area contributed by atoms with Crippen LogP contribution in [0.2, 0.25) is 0 Å². The van der Waals surface area contributed by atoms with E-state index in [1.165, 1.54) is 167 Å². The first-order valence-corrected chi connectivity index (χ1v) is 35.0. The molecule has 474 valence electrons. The lowest BCUT2D eigenvalue weighted by atomic mass is 10.0. The minimum atomic E-state index is -0.781. The van der Waals surface area contributed by atoms with Gasteiger partial charge in [-0.25, -0.2) is 0 Å². The van der Waals surface area contributed by atoms with Crippen LogP contribution < -0.4 is 0 Å². The van der Waals surface area contributed by atoms with Gasteiger partial charge in [-0.3, -0.25) is 14.4 Å². The van der Waals surface area contributed by atoms with Gasteiger partial charge in [0.2, 0.25) is 0 Å². The molecule has 0 N–H and O–H groups in total. The summed E-state index contributed by atoms with van der Waals surface area (Å²) in [6, 6.07) is 0. The average Bonchev–Trinajstić information content (AvgIpc) is 3.49. The number of carbonyl (C=O) groups is 3. The summed E-state index contributed by atoms with van der Waals surface area (Å²) in [5.41, 5.74) is 0. The molecule has 0 aromatic rings. The molecule has 0 bridgehead atoms. The van der Waals surface area contributed by atoms with E-state index in [1.807, 2.05) is 0 Å². The summed E-state index contributed by atoms with van der Waals surface area (Å²) in [6.45, 7) is 6.42. The fourth-order valence-corrected chi connectivity index (χ4v) is 9.79. The van der Waals surface area contributed by atoms with Crippen molar-refractivity contribution in [2.24, 2.45) is 0 Å². The van der Waals surface area contributed by atoms with Crippen LogP contribution in [-0.4, -0.2) is 37.2 Å². The zero-order valence-corrected chi connectivity index (χ0v) is 54.4. The van der Waals surface area contributed by atoms with E-state index in [0.717, 1.165) is 122 Å². The van der Waals surface area contributed by atoms with Crippen molar-refractivity contribution in [3.05, 3.63) is 122 Å². The largest absolute Gasteiger partial charge is 0.462 e. The maximum atomic E-state index is 12.9. The average molecular weight is 1150 g/mol. The summed E-state index contributed by atoms with van der Waals surface area (Å²) in [4.78, 5) is 38.3. The van der Waals surface area contributed by atoms with Gasteiger partial charge in [-0.2, -0.15) is 0 Å². The van der Waals surface area contributed by atoms with Gasteiger partial charge < -0.3 is 14.2 Å². The molecule has 0 aromatic heterocycles. The molecule has 0 radical (unpaired) electrons. The fourth-order valence-electron chi connectivity index (χ4n) is 9.79. The smallest absolute Gasteiger partial charge is 0.306 e. The Labute approximate surface area is 513 Å². The summed E-state index contributed by atoms with van der Waals surface area (Å²) < 4.78 is 16.9. The second-order valence-electron chi connectivity index (χ2n) is 23.0. The predicted molar refractivity (Wildman–Crippen MR) is 362 cm³/mol. The molecule has 0 rings (SSSR count). The Balaban J connectivity index is 4.14. The number of carbonyl (C=O) groups excluding carboxylic acids is 3. The van der Waals surface area contributed by atoms with Crippen molar-refractivity contribution in [2.75, 3.05) is 13.2 Å². The van der Waals surface area contributed by atoms with Gasteiger partial charge in [-0.05, 0) is 109 Å². The van der Waals surface area contributed by atoms with Gasteiger partial charge in [0.25, 0.3) is 0 Å². The van der Waals surface area contributed by atoms with Crippen LogP contribution in [0.5, 0.6) is 0 Å². The number of unbranched alkanes of at least 4 members (excludes halogenated alkanes) is 32. The third-order valence-corrected chi connectivity index (χ3v) is 15.0. The second kappa shape index (κ2) is 70.3. The quantitative estimate of drug-likeness (QED) is 0.0261. The molecule has 0 amide bonds. The standard InChI is InChI=1S/C77H130O6/c1-4-7-10-13-16-19-21-23-25-27-29-31-33-34-35-36-37-38-39-40-41-42-44-45-47-49-51-53-55-58-61-64-67-70-76(79)82-73-74(72-81-75(78)69-66-63-60-57-18-15-12-9-6-3)83-77(80)71-68-65-62-59-56-54-52-50-48-46-43-32-30-28-26-24-22-20-17-14-11-8-5-2/h7-8,10-11,16-17,19-20,23-26,29-32,34-35,37-38,74H,4-6,9,12-15,18,21-22,27-28,33,36,39-73H2,1-3H3/b10-7-,11-8-,19-16-,20-17-,25-23-,26-24-,31-29-,32-30-,35-34-,38-37-. The number of allylic oxidation sites excluding steroid dienone is 20. The van der Waals surface area contributed by atoms with Gasteiger partial charge >= 0.3 is 17.9 Å². The molecular weight excluding hydrogens is 1020 g/mol. The highest BCUT2D eigenvalue weighted by Crippen LogP contribution is 2.17. The lowest BCUT2D eigenvalue weighted by Gasteiger charge is -2.18. The Morgan fingerprint density at radius 3 is 0.735 bits per heavy atom. The van der Waals surface area contributed by atoms with Crippen molar-refractivity contribution >= 4 is 17.9 Å². The van der Waals surface area contributed by atoms with Crippen LogP contribution in [0.25, 0.3) is 0 Å². The van der Waals surface area contributed by atoms with Crippen molar-refractivity contribution in [2.45, 2.75) is 335 Å². The lowest BCUT2D eigenvalue weighted by molar-refractivity contribution is -0.167. The van der Waals surface area contributed by atoms with Gasteiger partial charge in [0, 0.05) is 19.3 Å². The monoisotopic (exact) mass is 1150 g/mol. The van der Waals surface area contributed by atoms with Crippen LogP contribution in [-0.2, 0) is 28.6 Å². The van der Waals surface area contributed by atoms with E-state index in [0.29, 0.717) is 19.3 Å². The van der Waals surface area contributed by atoms with Crippen LogP contribution in [0.15, 0.2) is 122 Å². The van der Waals surface area contributed by atoms with Crippen LogP contribution in [0, 0.1) is 0 Å². The highest BCUT2D eigenvalue weighted by Gasteiger charge is 2.19. The molecule has 1 atom stereocenters. The first-order valence-electron chi connectivity index (χ1n) is 35.0. The van der Waals surface area contributed by atoms with Gasteiger partial charge in [0.15, 0.2) is 6.10 Å². The summed E-state index contributed by atoms with van der Waals surface area (Å²) in [7, 11) is 0. The number of hydrogen-bond acceptors (Lipinski definition) is 6. The Kier molecular flexibility index (Phi) is 66.7. The summed E-state index contributed by atoms with van der Waals surface area (Å²) in [6.07, 6.45) is 98.1. The molecule has 0 aliphatic carbocycles. The fraction of sp³-hybridized carbons (Fsp3) is 0.701. The second-order valence-corrected chi connectivity index (χ2v) is 23.0. The number of esters is 3. The van der Waals surface area contributed by atoms with E-state index in [4.69, 9.17) is 14.2 Å². The SMILES string of the molecule is CC/C=C\C/C=C\C/C=C\C/C=C\C/C=C\C/C=C\CCCCCCCCCCCCCCCCC(=O)OCC(COC(=O)CCCCCCCCCCC)OC(=O)CCCCCCCCCCCC/C=C\C/C=C\C/C=C\C/C=C\CC. The highest BCUT2D eigenvalue weighted by atomic mass is 16.6. The predicted octanol–water partition coefficient (Wildman–Crippen LogP) is 24.3. The van der Waals surface area contributed by atoms with Crippen LogP contribution in [0.1, 0.15) is 329 Å². The van der Waals surface area contributed by atoms with Crippen LogP contribution >= 0.6 is 0 Å². The van der Waals surface area contributed by atoms with E-state index in [-0.39, 0.29) is 31.1 Å². The van der Waals surface area contributed by atoms with Crippen LogP contribution in [0.3, 0.4) is 0 Å². The van der Waals surface area contributed by atoms with E-state index in [1.54, 1.807) is 0 Å². The number of ether oxygens (including phenoxy) is 3. The van der Waals surface area contributed by atoms with Crippen molar-refractivity contribution < 1.29 is 28.6 Å². The zero-order chi connectivity index (χ0) is 59.9. The van der Waals surface area contributed by atoms with Crippen LogP contribution in [0.4, 0.5) is 0 Å². The molecular formula is C77H130O6. The molecule has 6 heteroatoms. The lowest BCUT2D eigenvalue weighted by Crippen LogP contribution is -2.30. The van der Waals surface area contributed by atoms with Gasteiger partial charge in [0.05, 0.1) is 0 Å². The molecule has 0 fully saturated rings. The van der Waals surface area contributed by atoms with E-state index >= 15 is 0 Å². The molecule has 0 heterocycles. The summed E-state index contributed by atoms with van der Waals surface area (Å²) in [5, 5.41) is 0. The molecule has 0 aliphatic rings. The summed E-state index contributed by atoms with van der Waals surface area (Å²) in [5.74, 6) is -0.874. The minimum Gasteiger partial charge on any atom is -0.462 e. The Bertz CT molecular complexity index is 1700. The van der Waals surface area contributed by atoms with Crippen molar-refractivity contribution in [3.8, 4) is 0 Å². The van der Waals surface area contributed by atoms with E-state index < -0.39 is 6.10 Å². The highest BCUT2D eigenvalue weighted by molar-refractivity contribution is 5.71. The molecule has 6 nitrogen and oxygen atoms in total. The van der Waals surface area contributed by atoms with Crippen molar-refractivity contribution in [1.82, 2.24) is 0 Å². The zero-order valence-electron chi connectivity index (χ0n) is 54.4. The van der Waals surface area contributed by atoms with E-state index in [2.05, 4.69) is 142 Å². The molecule has 0 saturated carbocycles. The van der Waals surface area contributed by atoms with Crippen molar-refractivity contribution in [1.29, 1.82) is 0 Å². The number of hydrogen-bond donors (Lipinski definition) is 0. The molecule has 0 aromatic carbocycles. The first kappa shape index (κ1) is 78.8. The van der Waals surface area contributed by atoms with E-state index in [9.17, 15) is 14.4 Å². The third-order valence-electron chi connectivity index (χ3n) is 15.0. The Morgan fingerprint density at radius 1 is 0.253 bits per heavy atom. The Morgan fingerprint density at radius 2 is 0.470 bits per heavy atom. The molecule has 0 saturated heterocycles. The molecule has 83 heavy (non-hydrogen) atoms. The van der Waals surface area contributed by atoms with Gasteiger partial charge in [-0.1, -0.05) is 322 Å². The van der Waals surface area contributed by atoms with Gasteiger partial charge in [0.1, 0.15) is 13.2 Å². The van der Waals surface area contributed by atoms with Gasteiger partial charge in [-0.15, -0.1) is 0 Å². The maximum absolute atomic E-state index is 12.9. The minimum absolute atomic E-state index is 0.0774. The summed E-state index contributed by atoms with van der Waals surface area (Å²) >= 11 is 0. The van der Waals surface area contributed by atoms with Crippen molar-refractivity contribution in [3.63, 3.8) is 0 Å².